The lowest BCUT2D eigenvalue weighted by atomic mass is 9.95. The van der Waals surface area contributed by atoms with E-state index in [0.717, 1.165) is 12.8 Å². The average molecular weight is 354 g/mol. The lowest BCUT2D eigenvalue weighted by Gasteiger charge is -2.31. The van der Waals surface area contributed by atoms with Gasteiger partial charge < -0.3 is 9.42 Å². The van der Waals surface area contributed by atoms with Crippen molar-refractivity contribution in [2.45, 2.75) is 31.6 Å². The fourth-order valence-electron chi connectivity index (χ4n) is 3.15. The van der Waals surface area contributed by atoms with Crippen LogP contribution in [-0.4, -0.2) is 50.6 Å². The van der Waals surface area contributed by atoms with Crippen molar-refractivity contribution in [3.63, 3.8) is 0 Å². The lowest BCUT2D eigenvalue weighted by Crippen LogP contribution is -2.44. The summed E-state index contributed by atoms with van der Waals surface area (Å²) in [7, 11) is 0. The van der Waals surface area contributed by atoms with Gasteiger partial charge in [-0.25, -0.2) is 5.43 Å². The van der Waals surface area contributed by atoms with Gasteiger partial charge in [0.1, 0.15) is 11.4 Å². The maximum atomic E-state index is 12.5. The maximum absolute atomic E-state index is 12.5. The molecular weight excluding hydrogens is 336 g/mol. The van der Waals surface area contributed by atoms with Crippen molar-refractivity contribution < 1.29 is 14.1 Å². The molecule has 1 saturated heterocycles. The number of pyridine rings is 1. The van der Waals surface area contributed by atoms with Gasteiger partial charge in [0, 0.05) is 38.0 Å². The highest BCUT2D eigenvalue weighted by Crippen LogP contribution is 2.27. The summed E-state index contributed by atoms with van der Waals surface area (Å²) in [5, 5.41) is 7.96. The number of carbonyl (C=O) groups is 2. The summed E-state index contributed by atoms with van der Waals surface area (Å²) in [6, 6.07) is 5.52. The first-order chi connectivity index (χ1) is 12.7. The van der Waals surface area contributed by atoms with Gasteiger partial charge in [-0.1, -0.05) is 11.2 Å². The van der Waals surface area contributed by atoms with Crippen molar-refractivity contribution in [1.82, 2.24) is 25.5 Å². The molecule has 0 saturated carbocycles. The molecule has 4 rings (SSSR count). The number of hydrazone groups is 1. The van der Waals surface area contributed by atoms with Gasteiger partial charge in [-0.15, -0.1) is 0 Å². The van der Waals surface area contributed by atoms with E-state index in [0.29, 0.717) is 49.1 Å². The van der Waals surface area contributed by atoms with Gasteiger partial charge in [0.05, 0.1) is 0 Å². The second-order valence-corrected chi connectivity index (χ2v) is 6.33. The summed E-state index contributed by atoms with van der Waals surface area (Å²) in [5.41, 5.74) is 3.43. The van der Waals surface area contributed by atoms with Crippen LogP contribution in [0.5, 0.6) is 0 Å². The molecule has 2 aromatic heterocycles. The number of likely N-dealkylation sites (tertiary alicyclic amines) is 1. The van der Waals surface area contributed by atoms with Crippen molar-refractivity contribution in [3.05, 3.63) is 30.2 Å². The summed E-state index contributed by atoms with van der Waals surface area (Å²) in [4.78, 5) is 34.1. The number of carbonyl (C=O) groups excluding carboxylic acids is 2. The van der Waals surface area contributed by atoms with E-state index >= 15 is 0 Å². The number of nitrogens with zero attached hydrogens (tertiary/aromatic N) is 5. The Hall–Kier alpha value is -3.10. The van der Waals surface area contributed by atoms with Crippen LogP contribution in [0.2, 0.25) is 0 Å². The minimum Gasteiger partial charge on any atom is -0.337 e. The van der Waals surface area contributed by atoms with E-state index in [1.165, 1.54) is 0 Å². The van der Waals surface area contributed by atoms with Gasteiger partial charge in [-0.2, -0.15) is 10.1 Å². The Balaban J connectivity index is 1.37. The summed E-state index contributed by atoms with van der Waals surface area (Å²) in [6.45, 7) is 1.20. The standard InChI is InChI=1S/C17H18N6O3/c24-14-5-4-13(20-21-14)17(25)23-9-6-11(7-10-23)15-19-16(26-22-15)12-3-1-2-8-18-12/h1-3,8,11H,4-7,9-10H2,(H,21,24). The van der Waals surface area contributed by atoms with Gasteiger partial charge in [0.2, 0.25) is 5.91 Å². The zero-order chi connectivity index (χ0) is 17.9. The Kier molecular flexibility index (Phi) is 4.42. The predicted molar refractivity (Wildman–Crippen MR) is 90.9 cm³/mol. The number of hydrogen-bond donors (Lipinski definition) is 1. The number of piperidine rings is 1. The third kappa shape index (κ3) is 3.32. The Morgan fingerprint density at radius 3 is 2.77 bits per heavy atom. The molecule has 0 aromatic carbocycles. The minimum atomic E-state index is -0.152. The molecule has 9 heteroatoms. The third-order valence-corrected chi connectivity index (χ3v) is 4.62. The summed E-state index contributed by atoms with van der Waals surface area (Å²) < 4.78 is 5.32. The third-order valence-electron chi connectivity index (χ3n) is 4.62. The maximum Gasteiger partial charge on any atom is 0.276 e. The van der Waals surface area contributed by atoms with Crippen LogP contribution in [0.1, 0.15) is 37.4 Å². The first-order valence-corrected chi connectivity index (χ1v) is 8.60. The number of nitrogens with one attached hydrogen (secondary N) is 1. The van der Waals surface area contributed by atoms with Gasteiger partial charge in [-0.3, -0.25) is 14.6 Å². The number of aromatic nitrogens is 3. The molecular formula is C17H18N6O3. The lowest BCUT2D eigenvalue weighted by molar-refractivity contribution is -0.125. The van der Waals surface area contributed by atoms with E-state index < -0.39 is 0 Å². The largest absolute Gasteiger partial charge is 0.337 e. The van der Waals surface area contributed by atoms with Crippen LogP contribution in [0.15, 0.2) is 34.0 Å². The molecule has 0 radical (unpaired) electrons. The summed E-state index contributed by atoms with van der Waals surface area (Å²) >= 11 is 0. The van der Waals surface area contributed by atoms with Crippen LogP contribution in [0.3, 0.4) is 0 Å². The molecule has 9 nitrogen and oxygen atoms in total. The molecule has 2 aromatic rings. The van der Waals surface area contributed by atoms with E-state index in [2.05, 4.69) is 25.7 Å². The molecule has 0 unspecified atom stereocenters. The van der Waals surface area contributed by atoms with Crippen molar-refractivity contribution in [2.75, 3.05) is 13.1 Å². The van der Waals surface area contributed by atoms with Crippen LogP contribution < -0.4 is 5.43 Å². The Labute approximate surface area is 149 Å². The zero-order valence-electron chi connectivity index (χ0n) is 14.1. The van der Waals surface area contributed by atoms with Crippen molar-refractivity contribution in [1.29, 1.82) is 0 Å². The van der Waals surface area contributed by atoms with E-state index in [1.807, 2.05) is 18.2 Å². The Morgan fingerprint density at radius 1 is 1.23 bits per heavy atom. The predicted octanol–water partition coefficient (Wildman–Crippen LogP) is 1.10. The molecule has 0 spiro atoms. The number of hydrogen-bond acceptors (Lipinski definition) is 7. The van der Waals surface area contributed by atoms with Crippen LogP contribution >= 0.6 is 0 Å². The normalized spacial score (nSPS) is 18.4. The van der Waals surface area contributed by atoms with Gasteiger partial charge in [-0.05, 0) is 25.0 Å². The van der Waals surface area contributed by atoms with E-state index in [4.69, 9.17) is 4.52 Å². The van der Waals surface area contributed by atoms with Crippen molar-refractivity contribution in [2.24, 2.45) is 5.10 Å². The highest BCUT2D eigenvalue weighted by molar-refractivity contribution is 6.39. The van der Waals surface area contributed by atoms with E-state index in [1.54, 1.807) is 11.1 Å². The minimum absolute atomic E-state index is 0.106. The quantitative estimate of drug-likeness (QED) is 0.883. The molecule has 1 N–H and O–H groups in total. The molecule has 0 atom stereocenters. The smallest absolute Gasteiger partial charge is 0.276 e. The van der Waals surface area contributed by atoms with Crippen LogP contribution in [0.25, 0.3) is 11.6 Å². The fraction of sp³-hybridized carbons (Fsp3) is 0.412. The first kappa shape index (κ1) is 16.4. The molecule has 26 heavy (non-hydrogen) atoms. The second kappa shape index (κ2) is 7.03. The van der Waals surface area contributed by atoms with Crippen molar-refractivity contribution >= 4 is 17.5 Å². The first-order valence-electron chi connectivity index (χ1n) is 8.60. The van der Waals surface area contributed by atoms with E-state index in [9.17, 15) is 9.59 Å². The Bertz CT molecular complexity index is 839. The molecule has 1 fully saturated rings. The highest BCUT2D eigenvalue weighted by Gasteiger charge is 2.30. The highest BCUT2D eigenvalue weighted by atomic mass is 16.5. The van der Waals surface area contributed by atoms with Crippen LogP contribution in [0.4, 0.5) is 0 Å². The van der Waals surface area contributed by atoms with E-state index in [-0.39, 0.29) is 17.7 Å². The molecule has 0 bridgehead atoms. The molecule has 4 heterocycles. The van der Waals surface area contributed by atoms with Gasteiger partial charge >= 0.3 is 0 Å². The monoisotopic (exact) mass is 354 g/mol. The fourth-order valence-corrected chi connectivity index (χ4v) is 3.15. The molecule has 2 aliphatic heterocycles. The second-order valence-electron chi connectivity index (χ2n) is 6.33. The molecule has 0 aliphatic carbocycles. The van der Waals surface area contributed by atoms with Gasteiger partial charge in [0.15, 0.2) is 5.82 Å². The number of rotatable bonds is 3. The SMILES string of the molecule is O=C1CCC(C(=O)N2CCC(c3noc(-c4ccccn4)n3)CC2)=NN1. The van der Waals surface area contributed by atoms with Crippen molar-refractivity contribution in [3.8, 4) is 11.6 Å². The Morgan fingerprint density at radius 2 is 2.08 bits per heavy atom. The molecule has 2 amide bonds. The summed E-state index contributed by atoms with van der Waals surface area (Å²) in [6.07, 6.45) is 3.89. The van der Waals surface area contributed by atoms with Gasteiger partial charge in [0.25, 0.3) is 11.8 Å². The molecule has 134 valence electrons. The molecule has 2 aliphatic rings. The van der Waals surface area contributed by atoms with Crippen LogP contribution in [-0.2, 0) is 9.59 Å². The topological polar surface area (TPSA) is 114 Å². The average Bonchev–Trinajstić information content (AvgIpc) is 3.19. The number of amides is 2. The summed E-state index contributed by atoms with van der Waals surface area (Å²) in [5.74, 6) is 0.950. The van der Waals surface area contributed by atoms with Crippen LogP contribution in [0, 0.1) is 0 Å². The zero-order valence-corrected chi connectivity index (χ0v) is 14.1.